The fraction of sp³-hybridized carbons (Fsp3) is 0.800. The average Bonchev–Trinajstić information content (AvgIpc) is 3.41. The Bertz CT molecular complexity index is 793. The van der Waals surface area contributed by atoms with Crippen LogP contribution in [0.2, 0.25) is 0 Å². The van der Waals surface area contributed by atoms with Gasteiger partial charge in [-0.2, -0.15) is 0 Å². The van der Waals surface area contributed by atoms with E-state index in [0.29, 0.717) is 6.61 Å². The van der Waals surface area contributed by atoms with Gasteiger partial charge in [0.1, 0.15) is 24.0 Å². The molecule has 4 saturated heterocycles. The number of hydrogen-bond donors (Lipinski definition) is 0. The predicted octanol–water partition coefficient (Wildman–Crippen LogP) is 6.34. The minimum atomic E-state index is -0.382. The largest absolute Gasteiger partial charge is 0.353 e. The highest BCUT2D eigenvalue weighted by Gasteiger charge is 2.62. The van der Waals surface area contributed by atoms with Crippen LogP contribution in [0.5, 0.6) is 0 Å². The molecule has 0 spiro atoms. The summed E-state index contributed by atoms with van der Waals surface area (Å²) in [6, 6.07) is 10.2. The number of rotatable bonds is 13. The number of nitrogens with zero attached hydrogens (tertiary/aromatic N) is 1. The molecule has 0 amide bonds. The number of benzene rings is 1. The quantitative estimate of drug-likeness (QED) is 0.294. The van der Waals surface area contributed by atoms with Crippen LogP contribution in [0.15, 0.2) is 30.3 Å². The van der Waals surface area contributed by atoms with Crippen molar-refractivity contribution >= 4 is 0 Å². The van der Waals surface area contributed by atoms with Gasteiger partial charge in [0.15, 0.2) is 12.6 Å². The molecule has 0 aliphatic carbocycles. The zero-order valence-corrected chi connectivity index (χ0v) is 22.4. The van der Waals surface area contributed by atoms with Gasteiger partial charge in [-0.25, -0.2) is 0 Å². The van der Waals surface area contributed by atoms with Crippen molar-refractivity contribution in [2.24, 2.45) is 0 Å². The maximum Gasteiger partial charge on any atom is 0.184 e. The summed E-state index contributed by atoms with van der Waals surface area (Å²) in [5.41, 5.74) is 0.785. The van der Waals surface area contributed by atoms with E-state index < -0.39 is 0 Å². The minimum Gasteiger partial charge on any atom is -0.353 e. The molecule has 0 saturated carbocycles. The molecule has 0 aromatic heterocycles. The van der Waals surface area contributed by atoms with Crippen LogP contribution in [0, 0.1) is 0 Å². The van der Waals surface area contributed by atoms with Gasteiger partial charge in [-0.1, -0.05) is 95.0 Å². The molecule has 0 N–H and O–H groups in total. The van der Waals surface area contributed by atoms with Crippen molar-refractivity contribution in [1.29, 1.82) is 0 Å². The van der Waals surface area contributed by atoms with Crippen LogP contribution in [0.4, 0.5) is 0 Å². The third-order valence-corrected chi connectivity index (χ3v) is 8.56. The maximum absolute atomic E-state index is 6.75. The molecule has 0 bridgehead atoms. The molecular formula is C30H47NO5. The van der Waals surface area contributed by atoms with E-state index in [0.717, 1.165) is 38.0 Å². The van der Waals surface area contributed by atoms with Gasteiger partial charge in [-0.05, 0) is 26.2 Å². The molecule has 4 heterocycles. The fourth-order valence-electron chi connectivity index (χ4n) is 6.57. The lowest BCUT2D eigenvalue weighted by molar-refractivity contribution is -0.343. The topological polar surface area (TPSA) is 49.4 Å². The number of ether oxygens (including phenoxy) is 5. The second-order valence-electron chi connectivity index (χ2n) is 11.3. The molecule has 202 valence electrons. The van der Waals surface area contributed by atoms with Crippen LogP contribution in [0.3, 0.4) is 0 Å². The lowest BCUT2D eigenvalue weighted by Gasteiger charge is -2.47. The van der Waals surface area contributed by atoms with Crippen LogP contribution in [-0.4, -0.2) is 61.0 Å². The lowest BCUT2D eigenvalue weighted by Crippen LogP contribution is -2.63. The standard InChI is InChI=1S/C30H47NO5/c1-3-4-5-6-7-8-9-10-11-15-21-32-29-25-27(36-30(2)19-16-20-31(25)30)26-24(34-29)22-33-28(35-26)23-17-13-12-14-18-23/h12-14,17-18,24-29H,3-11,15-16,19-22H2,1-2H3/t24-,25-,26-,27+,28?,29-,30-/m1/s1. The van der Waals surface area contributed by atoms with Gasteiger partial charge in [0.05, 0.1) is 12.6 Å². The Balaban J connectivity index is 1.12. The molecule has 36 heavy (non-hydrogen) atoms. The van der Waals surface area contributed by atoms with Crippen molar-refractivity contribution in [1.82, 2.24) is 4.90 Å². The highest BCUT2D eigenvalue weighted by Crippen LogP contribution is 2.48. The van der Waals surface area contributed by atoms with Crippen molar-refractivity contribution in [3.05, 3.63) is 35.9 Å². The Morgan fingerprint density at radius 1 is 0.917 bits per heavy atom. The van der Waals surface area contributed by atoms with E-state index in [4.69, 9.17) is 23.7 Å². The number of fused-ring (bicyclic) bond motifs is 5. The summed E-state index contributed by atoms with van der Waals surface area (Å²) in [4.78, 5) is 2.48. The van der Waals surface area contributed by atoms with Crippen LogP contribution in [0.1, 0.15) is 103 Å². The first kappa shape index (κ1) is 26.6. The monoisotopic (exact) mass is 501 g/mol. The normalized spacial score (nSPS) is 35.9. The van der Waals surface area contributed by atoms with E-state index in [1.165, 1.54) is 57.8 Å². The second-order valence-corrected chi connectivity index (χ2v) is 11.3. The van der Waals surface area contributed by atoms with Gasteiger partial charge in [0.2, 0.25) is 0 Å². The van der Waals surface area contributed by atoms with Gasteiger partial charge in [0, 0.05) is 18.7 Å². The molecule has 4 aliphatic heterocycles. The van der Waals surface area contributed by atoms with Crippen LogP contribution < -0.4 is 0 Å². The van der Waals surface area contributed by atoms with Crippen LogP contribution in [0.25, 0.3) is 0 Å². The van der Waals surface area contributed by atoms with E-state index in [2.05, 4.69) is 30.9 Å². The molecule has 4 fully saturated rings. The Labute approximate surface area is 217 Å². The third-order valence-electron chi connectivity index (χ3n) is 8.56. The van der Waals surface area contributed by atoms with Crippen molar-refractivity contribution in [3.8, 4) is 0 Å². The highest BCUT2D eigenvalue weighted by atomic mass is 16.8. The zero-order valence-electron chi connectivity index (χ0n) is 22.4. The fourth-order valence-corrected chi connectivity index (χ4v) is 6.57. The van der Waals surface area contributed by atoms with Gasteiger partial charge >= 0.3 is 0 Å². The summed E-state index contributed by atoms with van der Waals surface area (Å²) in [5.74, 6) is 0. The first-order chi connectivity index (χ1) is 17.7. The second kappa shape index (κ2) is 12.7. The Morgan fingerprint density at radius 3 is 2.39 bits per heavy atom. The summed E-state index contributed by atoms with van der Waals surface area (Å²) in [5, 5.41) is 0. The van der Waals surface area contributed by atoms with Gasteiger partial charge < -0.3 is 23.7 Å². The number of unbranched alkanes of at least 4 members (excludes halogenated alkanes) is 9. The molecule has 7 atom stereocenters. The Kier molecular flexibility index (Phi) is 9.37. The van der Waals surface area contributed by atoms with Gasteiger partial charge in [0.25, 0.3) is 0 Å². The third kappa shape index (κ3) is 6.00. The SMILES string of the molecule is CCCCCCCCCCCCO[C@@H]1O[C@@H]2COC(c3ccccc3)O[C@H]2[C@H]2O[C@]3(C)CCCN3[C@@H]12. The van der Waals surface area contributed by atoms with E-state index in [1.54, 1.807) is 0 Å². The van der Waals surface area contributed by atoms with E-state index in [9.17, 15) is 0 Å². The minimum absolute atomic E-state index is 0.0661. The maximum atomic E-state index is 6.75. The van der Waals surface area contributed by atoms with E-state index >= 15 is 0 Å². The molecule has 5 rings (SSSR count). The van der Waals surface area contributed by atoms with Crippen LogP contribution >= 0.6 is 0 Å². The molecule has 1 aromatic carbocycles. The van der Waals surface area contributed by atoms with Gasteiger partial charge in [-0.3, -0.25) is 4.90 Å². The smallest absolute Gasteiger partial charge is 0.184 e. The summed E-state index contributed by atoms with van der Waals surface area (Å²) < 4.78 is 32.3. The zero-order chi connectivity index (χ0) is 24.8. The molecule has 1 aromatic rings. The molecular weight excluding hydrogens is 454 g/mol. The summed E-state index contributed by atoms with van der Waals surface area (Å²) in [6.07, 6.45) is 14.3. The summed E-state index contributed by atoms with van der Waals surface area (Å²) in [6.45, 7) is 6.75. The van der Waals surface area contributed by atoms with E-state index in [1.807, 2.05) is 18.2 Å². The first-order valence-corrected chi connectivity index (χ1v) is 14.7. The summed E-state index contributed by atoms with van der Waals surface area (Å²) in [7, 11) is 0. The van der Waals surface area contributed by atoms with E-state index in [-0.39, 0.29) is 42.7 Å². The van der Waals surface area contributed by atoms with Crippen molar-refractivity contribution in [2.75, 3.05) is 19.8 Å². The van der Waals surface area contributed by atoms with Crippen molar-refractivity contribution < 1.29 is 23.7 Å². The van der Waals surface area contributed by atoms with Gasteiger partial charge in [-0.15, -0.1) is 0 Å². The first-order valence-electron chi connectivity index (χ1n) is 14.7. The highest BCUT2D eigenvalue weighted by molar-refractivity contribution is 5.17. The molecule has 6 heteroatoms. The number of hydrogen-bond acceptors (Lipinski definition) is 6. The molecule has 6 nitrogen and oxygen atoms in total. The molecule has 1 unspecified atom stereocenters. The average molecular weight is 502 g/mol. The Hall–Kier alpha value is -1.02. The molecule has 0 radical (unpaired) electrons. The molecule has 4 aliphatic rings. The van der Waals surface area contributed by atoms with Crippen molar-refractivity contribution in [3.63, 3.8) is 0 Å². The predicted molar refractivity (Wildman–Crippen MR) is 139 cm³/mol. The Morgan fingerprint density at radius 2 is 1.64 bits per heavy atom. The lowest BCUT2D eigenvalue weighted by atomic mass is 9.95. The summed E-state index contributed by atoms with van der Waals surface area (Å²) >= 11 is 0. The van der Waals surface area contributed by atoms with Crippen molar-refractivity contribution in [2.45, 2.75) is 134 Å². The van der Waals surface area contributed by atoms with Crippen LogP contribution in [-0.2, 0) is 23.7 Å².